The van der Waals surface area contributed by atoms with Crippen LogP contribution in [0, 0.1) is 6.92 Å². The van der Waals surface area contributed by atoms with Crippen molar-refractivity contribution in [3.8, 4) is 0 Å². The first-order valence-corrected chi connectivity index (χ1v) is 5.86. The molecule has 0 atom stereocenters. The molecule has 15 heavy (non-hydrogen) atoms. The Morgan fingerprint density at radius 2 is 2.07 bits per heavy atom. The van der Waals surface area contributed by atoms with Gasteiger partial charge in [0.1, 0.15) is 0 Å². The molecule has 3 rings (SSSR count). The van der Waals surface area contributed by atoms with Gasteiger partial charge in [-0.3, -0.25) is 4.90 Å². The SMILES string of the molecule is Cc1cc2c(cc1N)CCN(C1CC1)C2. The predicted octanol–water partition coefficient (Wildman–Crippen LogP) is 2.10. The summed E-state index contributed by atoms with van der Waals surface area (Å²) in [5.41, 5.74) is 11.1. The lowest BCUT2D eigenvalue weighted by Crippen LogP contribution is -2.32. The Balaban J connectivity index is 1.91. The molecule has 2 aliphatic rings. The summed E-state index contributed by atoms with van der Waals surface area (Å²) in [6.07, 6.45) is 3.99. The molecule has 0 unspecified atom stereocenters. The maximum absolute atomic E-state index is 5.94. The first-order valence-electron chi connectivity index (χ1n) is 5.86. The molecule has 0 amide bonds. The average molecular weight is 202 g/mol. The van der Waals surface area contributed by atoms with Gasteiger partial charge in [0.05, 0.1) is 0 Å². The molecule has 2 nitrogen and oxygen atoms in total. The van der Waals surface area contributed by atoms with Crippen molar-refractivity contribution in [2.24, 2.45) is 0 Å². The van der Waals surface area contributed by atoms with Crippen molar-refractivity contribution in [3.05, 3.63) is 28.8 Å². The van der Waals surface area contributed by atoms with Crippen molar-refractivity contribution in [1.29, 1.82) is 0 Å². The van der Waals surface area contributed by atoms with Crippen LogP contribution in [0.15, 0.2) is 12.1 Å². The number of rotatable bonds is 1. The van der Waals surface area contributed by atoms with E-state index in [1.54, 1.807) is 0 Å². The standard InChI is InChI=1S/C13H18N2/c1-9-6-11-8-15(12-2-3-12)5-4-10(11)7-13(9)14/h6-7,12H,2-5,8,14H2,1H3. The van der Waals surface area contributed by atoms with Gasteiger partial charge in [-0.1, -0.05) is 6.07 Å². The van der Waals surface area contributed by atoms with E-state index in [2.05, 4.69) is 24.0 Å². The largest absolute Gasteiger partial charge is 0.399 e. The number of aryl methyl sites for hydroxylation is 1. The van der Waals surface area contributed by atoms with Crippen LogP contribution in [0.4, 0.5) is 5.69 Å². The number of anilines is 1. The van der Waals surface area contributed by atoms with E-state index in [0.29, 0.717) is 0 Å². The van der Waals surface area contributed by atoms with E-state index in [1.807, 2.05) is 0 Å². The second-order valence-corrected chi connectivity index (χ2v) is 4.93. The average Bonchev–Trinajstić information content (AvgIpc) is 3.02. The van der Waals surface area contributed by atoms with Crippen LogP contribution in [0.1, 0.15) is 29.5 Å². The number of hydrogen-bond acceptors (Lipinski definition) is 2. The second kappa shape index (κ2) is 3.24. The van der Waals surface area contributed by atoms with E-state index >= 15 is 0 Å². The van der Waals surface area contributed by atoms with E-state index in [0.717, 1.165) is 18.3 Å². The van der Waals surface area contributed by atoms with Gasteiger partial charge in [0.15, 0.2) is 0 Å². The third-order valence-electron chi connectivity index (χ3n) is 3.69. The predicted molar refractivity (Wildman–Crippen MR) is 62.7 cm³/mol. The zero-order valence-corrected chi connectivity index (χ0v) is 9.29. The number of nitrogen functional groups attached to an aromatic ring is 1. The van der Waals surface area contributed by atoms with Crippen molar-refractivity contribution in [2.45, 2.75) is 38.8 Å². The highest BCUT2D eigenvalue weighted by Gasteiger charge is 2.31. The van der Waals surface area contributed by atoms with Gasteiger partial charge in [0, 0.05) is 24.8 Å². The molecular formula is C13H18N2. The molecular weight excluding hydrogens is 184 g/mol. The van der Waals surface area contributed by atoms with Crippen molar-refractivity contribution < 1.29 is 0 Å². The van der Waals surface area contributed by atoms with Crippen LogP contribution < -0.4 is 5.73 Å². The summed E-state index contributed by atoms with van der Waals surface area (Å²) in [5.74, 6) is 0. The molecule has 1 aromatic carbocycles. The number of benzene rings is 1. The van der Waals surface area contributed by atoms with Crippen LogP contribution in [0.5, 0.6) is 0 Å². The van der Waals surface area contributed by atoms with Crippen LogP contribution in [-0.4, -0.2) is 17.5 Å². The quantitative estimate of drug-likeness (QED) is 0.707. The number of fused-ring (bicyclic) bond motifs is 1. The maximum Gasteiger partial charge on any atom is 0.0346 e. The lowest BCUT2D eigenvalue weighted by atomic mass is 9.96. The Labute approximate surface area is 91.1 Å². The summed E-state index contributed by atoms with van der Waals surface area (Å²) < 4.78 is 0. The first kappa shape index (κ1) is 9.22. The van der Waals surface area contributed by atoms with Crippen molar-refractivity contribution >= 4 is 5.69 Å². The monoisotopic (exact) mass is 202 g/mol. The summed E-state index contributed by atoms with van der Waals surface area (Å²) in [4.78, 5) is 2.62. The summed E-state index contributed by atoms with van der Waals surface area (Å²) in [6.45, 7) is 4.47. The fraction of sp³-hybridized carbons (Fsp3) is 0.538. The molecule has 80 valence electrons. The molecule has 0 aromatic heterocycles. The van der Waals surface area contributed by atoms with Gasteiger partial charge in [0.2, 0.25) is 0 Å². The minimum Gasteiger partial charge on any atom is -0.399 e. The topological polar surface area (TPSA) is 29.3 Å². The van der Waals surface area contributed by atoms with Crippen molar-refractivity contribution in [3.63, 3.8) is 0 Å². The molecule has 0 radical (unpaired) electrons. The zero-order valence-electron chi connectivity index (χ0n) is 9.29. The highest BCUT2D eigenvalue weighted by atomic mass is 15.2. The van der Waals surface area contributed by atoms with E-state index in [1.165, 1.54) is 42.5 Å². The normalized spacial score (nSPS) is 21.4. The summed E-state index contributed by atoms with van der Waals surface area (Å²) in [5, 5.41) is 0. The van der Waals surface area contributed by atoms with Gasteiger partial charge in [-0.05, 0) is 48.9 Å². The van der Waals surface area contributed by atoms with Crippen LogP contribution in [0.25, 0.3) is 0 Å². The van der Waals surface area contributed by atoms with Crippen LogP contribution in [0.2, 0.25) is 0 Å². The molecule has 1 fully saturated rings. The minimum absolute atomic E-state index is 0.885. The third kappa shape index (κ3) is 1.63. The Morgan fingerprint density at radius 3 is 2.80 bits per heavy atom. The van der Waals surface area contributed by atoms with E-state index in [9.17, 15) is 0 Å². The Hall–Kier alpha value is -1.02. The fourth-order valence-electron chi connectivity index (χ4n) is 2.52. The molecule has 1 saturated carbocycles. The highest BCUT2D eigenvalue weighted by Crippen LogP contribution is 2.32. The van der Waals surface area contributed by atoms with Gasteiger partial charge >= 0.3 is 0 Å². The maximum atomic E-state index is 5.94. The zero-order chi connectivity index (χ0) is 10.4. The molecule has 0 saturated heterocycles. The summed E-state index contributed by atoms with van der Waals surface area (Å²) in [6, 6.07) is 5.34. The highest BCUT2D eigenvalue weighted by molar-refractivity contribution is 5.52. The second-order valence-electron chi connectivity index (χ2n) is 4.93. The Morgan fingerprint density at radius 1 is 1.27 bits per heavy atom. The van der Waals surface area contributed by atoms with Gasteiger partial charge in [-0.15, -0.1) is 0 Å². The number of nitrogens with two attached hydrogens (primary N) is 1. The van der Waals surface area contributed by atoms with Crippen LogP contribution >= 0.6 is 0 Å². The van der Waals surface area contributed by atoms with E-state index in [-0.39, 0.29) is 0 Å². The molecule has 2 N–H and O–H groups in total. The van der Waals surface area contributed by atoms with Crippen LogP contribution in [-0.2, 0) is 13.0 Å². The van der Waals surface area contributed by atoms with E-state index < -0.39 is 0 Å². The smallest absolute Gasteiger partial charge is 0.0346 e. The van der Waals surface area contributed by atoms with Crippen molar-refractivity contribution in [2.75, 3.05) is 12.3 Å². The minimum atomic E-state index is 0.885. The van der Waals surface area contributed by atoms with Crippen LogP contribution in [0.3, 0.4) is 0 Å². The lowest BCUT2D eigenvalue weighted by molar-refractivity contribution is 0.244. The Bertz CT molecular complexity index is 394. The fourth-order valence-corrected chi connectivity index (χ4v) is 2.52. The summed E-state index contributed by atoms with van der Waals surface area (Å²) in [7, 11) is 0. The molecule has 1 aliphatic heterocycles. The van der Waals surface area contributed by atoms with Gasteiger partial charge < -0.3 is 5.73 Å². The van der Waals surface area contributed by atoms with Gasteiger partial charge in [-0.25, -0.2) is 0 Å². The Kier molecular flexibility index (Phi) is 1.99. The molecule has 1 heterocycles. The molecule has 1 aromatic rings. The van der Waals surface area contributed by atoms with E-state index in [4.69, 9.17) is 5.73 Å². The van der Waals surface area contributed by atoms with Gasteiger partial charge in [-0.2, -0.15) is 0 Å². The van der Waals surface area contributed by atoms with Crippen molar-refractivity contribution in [1.82, 2.24) is 4.90 Å². The first-order chi connectivity index (χ1) is 7.24. The molecule has 0 bridgehead atoms. The lowest BCUT2D eigenvalue weighted by Gasteiger charge is -2.29. The summed E-state index contributed by atoms with van der Waals surface area (Å²) >= 11 is 0. The number of hydrogen-bond donors (Lipinski definition) is 1. The molecule has 1 aliphatic carbocycles. The number of nitrogens with zero attached hydrogens (tertiary/aromatic N) is 1. The van der Waals surface area contributed by atoms with Gasteiger partial charge in [0.25, 0.3) is 0 Å². The third-order valence-corrected chi connectivity index (χ3v) is 3.69. The molecule has 0 spiro atoms. The molecule has 2 heteroatoms.